The Morgan fingerprint density at radius 2 is 1.83 bits per heavy atom. The van der Waals surface area contributed by atoms with Crippen LogP contribution in [0.15, 0.2) is 12.7 Å². The van der Waals surface area contributed by atoms with E-state index in [0.29, 0.717) is 6.08 Å². The molecular formula is C4H4F3NO3S. The molecule has 4 nitrogen and oxygen atoms in total. The van der Waals surface area contributed by atoms with Crippen LogP contribution in [0.4, 0.5) is 13.2 Å². The molecule has 0 spiro atoms. The zero-order valence-corrected chi connectivity index (χ0v) is 6.37. The van der Waals surface area contributed by atoms with Crippen molar-refractivity contribution in [2.75, 3.05) is 0 Å². The van der Waals surface area contributed by atoms with E-state index in [0.717, 1.165) is 4.72 Å². The van der Waals surface area contributed by atoms with Crippen molar-refractivity contribution in [2.45, 2.75) is 5.51 Å². The van der Waals surface area contributed by atoms with Gasteiger partial charge in [-0.15, -0.1) is 0 Å². The molecule has 0 bridgehead atoms. The molecule has 0 rings (SSSR count). The Morgan fingerprint density at radius 1 is 1.42 bits per heavy atom. The lowest BCUT2D eigenvalue weighted by atomic mass is 10.6. The van der Waals surface area contributed by atoms with Gasteiger partial charge in [-0.05, 0) is 6.08 Å². The predicted molar refractivity (Wildman–Crippen MR) is 33.3 cm³/mol. The second-order valence-corrected chi connectivity index (χ2v) is 3.29. The van der Waals surface area contributed by atoms with E-state index in [9.17, 15) is 26.4 Å². The summed E-state index contributed by atoms with van der Waals surface area (Å²) in [7, 11) is -5.58. The molecule has 1 N–H and O–H groups in total. The molecule has 8 heteroatoms. The first-order chi connectivity index (χ1) is 5.20. The quantitative estimate of drug-likeness (QED) is 0.649. The number of alkyl halides is 3. The topological polar surface area (TPSA) is 63.2 Å². The number of hydrogen-bond donors (Lipinski definition) is 1. The summed E-state index contributed by atoms with van der Waals surface area (Å²) in [5.41, 5.74) is -5.48. The zero-order valence-electron chi connectivity index (χ0n) is 5.55. The van der Waals surface area contributed by atoms with Gasteiger partial charge in [0.05, 0.1) is 0 Å². The van der Waals surface area contributed by atoms with E-state index in [2.05, 4.69) is 6.58 Å². The summed E-state index contributed by atoms with van der Waals surface area (Å²) in [5, 5.41) is 0. The van der Waals surface area contributed by atoms with Gasteiger partial charge in [0.1, 0.15) is 0 Å². The SMILES string of the molecule is C=CC(=O)NS(=O)(=O)C(F)(F)F. The fourth-order valence-corrected chi connectivity index (χ4v) is 0.696. The highest BCUT2D eigenvalue weighted by Gasteiger charge is 2.46. The first-order valence-corrected chi connectivity index (χ1v) is 3.94. The minimum atomic E-state index is -5.58. The standard InChI is InChI=1S/C4H4F3NO3S/c1-2-3(9)8-12(10,11)4(5,6)7/h2H,1H2,(H,8,9). The third kappa shape index (κ3) is 2.53. The molecule has 0 unspecified atom stereocenters. The first kappa shape index (κ1) is 11.0. The molecule has 0 aliphatic heterocycles. The molecule has 0 fully saturated rings. The molecule has 70 valence electrons. The highest BCUT2D eigenvalue weighted by molar-refractivity contribution is 7.90. The number of sulfonamides is 1. The Kier molecular flexibility index (Phi) is 2.86. The maximum atomic E-state index is 11.5. The molecule has 0 saturated heterocycles. The van der Waals surface area contributed by atoms with Gasteiger partial charge in [-0.25, -0.2) is 4.72 Å². The summed E-state index contributed by atoms with van der Waals surface area (Å²) in [5.74, 6) is -1.42. The van der Waals surface area contributed by atoms with Crippen molar-refractivity contribution in [3.63, 3.8) is 0 Å². The van der Waals surface area contributed by atoms with Crippen molar-refractivity contribution in [1.29, 1.82) is 0 Å². The summed E-state index contributed by atoms with van der Waals surface area (Å²) in [6, 6.07) is 0. The van der Waals surface area contributed by atoms with Crippen molar-refractivity contribution in [2.24, 2.45) is 0 Å². The maximum Gasteiger partial charge on any atom is 0.516 e. The smallest absolute Gasteiger partial charge is 0.269 e. The van der Waals surface area contributed by atoms with Gasteiger partial charge >= 0.3 is 15.5 Å². The number of halogens is 3. The van der Waals surface area contributed by atoms with E-state index in [1.165, 1.54) is 0 Å². The minimum Gasteiger partial charge on any atom is -0.269 e. The number of rotatable bonds is 2. The van der Waals surface area contributed by atoms with Crippen LogP contribution in [-0.4, -0.2) is 19.8 Å². The average molecular weight is 203 g/mol. The lowest BCUT2D eigenvalue weighted by Gasteiger charge is -2.06. The molecule has 0 aliphatic rings. The van der Waals surface area contributed by atoms with Crippen LogP contribution >= 0.6 is 0 Å². The molecule has 0 aromatic carbocycles. The summed E-state index contributed by atoms with van der Waals surface area (Å²) in [6.07, 6.45) is 0.420. The molecule has 0 atom stereocenters. The van der Waals surface area contributed by atoms with Crippen LogP contribution < -0.4 is 4.72 Å². The Labute approximate surface area is 66.1 Å². The summed E-state index contributed by atoms with van der Waals surface area (Å²) in [4.78, 5) is 10.2. The van der Waals surface area contributed by atoms with Crippen LogP contribution in [0.1, 0.15) is 0 Å². The fourth-order valence-electron chi connectivity index (χ4n) is 0.232. The predicted octanol–water partition coefficient (Wildman–Crippen LogP) is 0.138. The number of carbonyl (C=O) groups is 1. The van der Waals surface area contributed by atoms with Gasteiger partial charge < -0.3 is 0 Å². The third-order valence-corrected chi connectivity index (χ3v) is 1.80. The van der Waals surface area contributed by atoms with Crippen molar-refractivity contribution in [3.8, 4) is 0 Å². The van der Waals surface area contributed by atoms with E-state index < -0.39 is 21.4 Å². The van der Waals surface area contributed by atoms with Gasteiger partial charge in [0, 0.05) is 0 Å². The monoisotopic (exact) mass is 203 g/mol. The van der Waals surface area contributed by atoms with Gasteiger partial charge in [-0.1, -0.05) is 6.58 Å². The Balaban J connectivity index is 4.69. The molecule has 1 amide bonds. The summed E-state index contributed by atoms with van der Waals surface area (Å²) < 4.78 is 55.4. The number of amides is 1. The normalized spacial score (nSPS) is 12.2. The molecule has 0 heterocycles. The van der Waals surface area contributed by atoms with Crippen LogP contribution in [0.2, 0.25) is 0 Å². The number of carbonyl (C=O) groups excluding carboxylic acids is 1. The van der Waals surface area contributed by atoms with Gasteiger partial charge in [0.25, 0.3) is 5.91 Å². The lowest BCUT2D eigenvalue weighted by Crippen LogP contribution is -2.39. The minimum absolute atomic E-state index is 0.420. The third-order valence-electron chi connectivity index (χ3n) is 0.725. The second kappa shape index (κ2) is 3.13. The highest BCUT2D eigenvalue weighted by Crippen LogP contribution is 2.21. The fraction of sp³-hybridized carbons (Fsp3) is 0.250. The van der Waals surface area contributed by atoms with Crippen LogP contribution in [0.25, 0.3) is 0 Å². The van der Waals surface area contributed by atoms with E-state index in [-0.39, 0.29) is 0 Å². The van der Waals surface area contributed by atoms with E-state index in [4.69, 9.17) is 0 Å². The van der Waals surface area contributed by atoms with Gasteiger partial charge in [0.2, 0.25) is 0 Å². The largest absolute Gasteiger partial charge is 0.516 e. The van der Waals surface area contributed by atoms with Crippen molar-refractivity contribution < 1.29 is 26.4 Å². The Hall–Kier alpha value is -1.05. The van der Waals surface area contributed by atoms with E-state index >= 15 is 0 Å². The van der Waals surface area contributed by atoms with Crippen molar-refractivity contribution in [3.05, 3.63) is 12.7 Å². The Bertz CT molecular complexity index is 291. The van der Waals surface area contributed by atoms with Gasteiger partial charge in [-0.2, -0.15) is 21.6 Å². The second-order valence-electron chi connectivity index (χ2n) is 1.62. The van der Waals surface area contributed by atoms with Crippen LogP contribution in [0.5, 0.6) is 0 Å². The molecule has 0 aliphatic carbocycles. The molecule has 0 saturated carbocycles. The van der Waals surface area contributed by atoms with Crippen LogP contribution in [0, 0.1) is 0 Å². The average Bonchev–Trinajstić information content (AvgIpc) is 1.84. The summed E-state index contributed by atoms with van der Waals surface area (Å²) in [6.45, 7) is 2.78. The maximum absolute atomic E-state index is 11.5. The van der Waals surface area contributed by atoms with E-state index in [1.807, 2.05) is 0 Å². The van der Waals surface area contributed by atoms with Crippen LogP contribution in [0.3, 0.4) is 0 Å². The molecular weight excluding hydrogens is 199 g/mol. The van der Waals surface area contributed by atoms with E-state index in [1.54, 1.807) is 0 Å². The first-order valence-electron chi connectivity index (χ1n) is 2.46. The zero-order chi connectivity index (χ0) is 9.99. The van der Waals surface area contributed by atoms with Crippen molar-refractivity contribution in [1.82, 2.24) is 4.72 Å². The molecule has 12 heavy (non-hydrogen) atoms. The van der Waals surface area contributed by atoms with Gasteiger partial charge in [0.15, 0.2) is 0 Å². The lowest BCUT2D eigenvalue weighted by molar-refractivity contribution is -0.115. The number of nitrogens with one attached hydrogen (secondary N) is 1. The molecule has 0 aromatic rings. The highest BCUT2D eigenvalue weighted by atomic mass is 32.2. The van der Waals surface area contributed by atoms with Gasteiger partial charge in [-0.3, -0.25) is 4.79 Å². The summed E-state index contributed by atoms with van der Waals surface area (Å²) >= 11 is 0. The van der Waals surface area contributed by atoms with Crippen LogP contribution in [-0.2, 0) is 14.8 Å². The molecule has 0 radical (unpaired) electrons. The number of hydrogen-bond acceptors (Lipinski definition) is 3. The molecule has 0 aromatic heterocycles. The van der Waals surface area contributed by atoms with Crippen molar-refractivity contribution >= 4 is 15.9 Å². The Morgan fingerprint density at radius 3 is 2.08 bits per heavy atom.